The molecule has 1 spiro atoms. The van der Waals surface area contributed by atoms with E-state index in [2.05, 4.69) is 22.1 Å². The van der Waals surface area contributed by atoms with Gasteiger partial charge in [-0.25, -0.2) is 0 Å². The van der Waals surface area contributed by atoms with E-state index in [0.717, 1.165) is 49.3 Å². The summed E-state index contributed by atoms with van der Waals surface area (Å²) >= 11 is 1.71. The third-order valence-corrected chi connectivity index (χ3v) is 6.11. The van der Waals surface area contributed by atoms with Gasteiger partial charge in [0.05, 0.1) is 0 Å². The lowest BCUT2D eigenvalue weighted by Gasteiger charge is -2.31. The number of nitrogens with one attached hydrogen (secondary N) is 2. The van der Waals surface area contributed by atoms with Gasteiger partial charge in [-0.2, -0.15) is 0 Å². The van der Waals surface area contributed by atoms with Crippen LogP contribution in [0.3, 0.4) is 0 Å². The second kappa shape index (κ2) is 7.80. The summed E-state index contributed by atoms with van der Waals surface area (Å²) in [6, 6.07) is 9.61. The van der Waals surface area contributed by atoms with E-state index < -0.39 is 5.79 Å². The van der Waals surface area contributed by atoms with E-state index in [4.69, 9.17) is 9.47 Å². The zero-order chi connectivity index (χ0) is 18.7. The Bertz CT molecular complexity index is 785. The van der Waals surface area contributed by atoms with Crippen LogP contribution >= 0.6 is 11.3 Å². The van der Waals surface area contributed by atoms with Gasteiger partial charge in [-0.3, -0.25) is 4.79 Å². The molecular formula is C21H26N2O3S. The molecule has 2 heterocycles. The van der Waals surface area contributed by atoms with Crippen LogP contribution in [-0.4, -0.2) is 24.3 Å². The maximum absolute atomic E-state index is 12.3. The summed E-state index contributed by atoms with van der Waals surface area (Å²) in [6.07, 6.45) is 6.27. The quantitative estimate of drug-likeness (QED) is 0.775. The highest BCUT2D eigenvalue weighted by Gasteiger charge is 2.42. The molecule has 1 aromatic heterocycles. The Morgan fingerprint density at radius 3 is 2.78 bits per heavy atom. The number of anilines is 1. The topological polar surface area (TPSA) is 59.6 Å². The van der Waals surface area contributed by atoms with Gasteiger partial charge in [0.2, 0.25) is 5.91 Å². The molecule has 27 heavy (non-hydrogen) atoms. The molecule has 1 aliphatic carbocycles. The first kappa shape index (κ1) is 18.2. The highest BCUT2D eigenvalue weighted by molar-refractivity contribution is 7.09. The van der Waals surface area contributed by atoms with Crippen molar-refractivity contribution in [3.63, 3.8) is 0 Å². The maximum Gasteiger partial charge on any atom is 0.251 e. The van der Waals surface area contributed by atoms with Crippen LogP contribution in [0, 0.1) is 0 Å². The van der Waals surface area contributed by atoms with E-state index in [-0.39, 0.29) is 11.9 Å². The molecule has 1 unspecified atom stereocenters. The second-order valence-electron chi connectivity index (χ2n) is 7.32. The number of fused-ring (bicyclic) bond motifs is 1. The van der Waals surface area contributed by atoms with Crippen LogP contribution < -0.4 is 20.1 Å². The van der Waals surface area contributed by atoms with Crippen LogP contribution in [0.15, 0.2) is 35.7 Å². The Hall–Kier alpha value is -2.21. The highest BCUT2D eigenvalue weighted by Crippen LogP contribution is 2.46. The number of hydrogen-bond donors (Lipinski definition) is 2. The number of benzene rings is 1. The van der Waals surface area contributed by atoms with Crippen molar-refractivity contribution >= 4 is 22.9 Å². The van der Waals surface area contributed by atoms with Gasteiger partial charge in [-0.05, 0) is 49.8 Å². The van der Waals surface area contributed by atoms with Crippen LogP contribution in [0.1, 0.15) is 43.9 Å². The van der Waals surface area contributed by atoms with E-state index in [1.54, 1.807) is 11.3 Å². The van der Waals surface area contributed by atoms with E-state index in [1.165, 1.54) is 11.3 Å². The largest absolute Gasteiger partial charge is 0.448 e. The summed E-state index contributed by atoms with van der Waals surface area (Å²) in [5.74, 6) is 1.10. The Kier molecular flexibility index (Phi) is 5.25. The first-order valence-electron chi connectivity index (χ1n) is 9.72. The molecule has 1 saturated carbocycles. The summed E-state index contributed by atoms with van der Waals surface area (Å²) in [7, 11) is 0. The minimum absolute atomic E-state index is 0.00651. The number of carbonyl (C=O) groups excluding carboxylic acids is 1. The monoisotopic (exact) mass is 386 g/mol. The zero-order valence-corrected chi connectivity index (χ0v) is 16.4. The number of thiophene rings is 1. The van der Waals surface area contributed by atoms with E-state index in [9.17, 15) is 4.79 Å². The van der Waals surface area contributed by atoms with Gasteiger partial charge >= 0.3 is 0 Å². The van der Waals surface area contributed by atoms with E-state index in [1.807, 2.05) is 31.2 Å². The molecule has 1 aliphatic heterocycles. The lowest BCUT2D eigenvalue weighted by Crippen LogP contribution is -2.40. The molecule has 5 nitrogen and oxygen atoms in total. The van der Waals surface area contributed by atoms with Crippen molar-refractivity contribution in [3.8, 4) is 11.5 Å². The molecule has 2 aliphatic rings. The third kappa shape index (κ3) is 4.21. The third-order valence-electron chi connectivity index (χ3n) is 5.18. The van der Waals surface area contributed by atoms with Crippen molar-refractivity contribution in [2.45, 2.75) is 57.3 Å². The Morgan fingerprint density at radius 2 is 2.00 bits per heavy atom. The fourth-order valence-electron chi connectivity index (χ4n) is 3.71. The van der Waals surface area contributed by atoms with Crippen molar-refractivity contribution in [3.05, 3.63) is 40.6 Å². The fourth-order valence-corrected chi connectivity index (χ4v) is 4.42. The predicted molar refractivity (Wildman–Crippen MR) is 108 cm³/mol. The molecule has 6 heteroatoms. The average molecular weight is 387 g/mol. The molecule has 1 atom stereocenters. The van der Waals surface area contributed by atoms with Crippen molar-refractivity contribution in [1.82, 2.24) is 5.32 Å². The van der Waals surface area contributed by atoms with Crippen LogP contribution in [-0.2, 0) is 11.2 Å². The summed E-state index contributed by atoms with van der Waals surface area (Å²) < 4.78 is 12.3. The molecule has 1 aromatic carbocycles. The molecule has 0 radical (unpaired) electrons. The lowest BCUT2D eigenvalue weighted by atomic mass is 9.94. The Balaban J connectivity index is 1.31. The summed E-state index contributed by atoms with van der Waals surface area (Å²) in [5.41, 5.74) is 0.867. The summed E-state index contributed by atoms with van der Waals surface area (Å²) in [5, 5.41) is 8.30. The van der Waals surface area contributed by atoms with Crippen LogP contribution in [0.4, 0.5) is 5.69 Å². The minimum Gasteiger partial charge on any atom is -0.448 e. The number of amides is 1. The molecule has 1 amide bonds. The molecule has 2 N–H and O–H groups in total. The highest BCUT2D eigenvalue weighted by atomic mass is 32.1. The second-order valence-corrected chi connectivity index (χ2v) is 8.36. The smallest absolute Gasteiger partial charge is 0.251 e. The molecule has 0 bridgehead atoms. The van der Waals surface area contributed by atoms with E-state index >= 15 is 0 Å². The van der Waals surface area contributed by atoms with Gasteiger partial charge in [0.1, 0.15) is 6.04 Å². The number of rotatable bonds is 6. The molecule has 2 aromatic rings. The Labute approximate surface area is 164 Å². The number of ether oxygens (including phenoxy) is 2. The molecule has 144 valence electrons. The SMILES string of the molecule is CC(Nc1ccc2c(c1)OC1(CCCCC1)O2)C(=O)NCCc1cccs1. The minimum atomic E-state index is -0.468. The Morgan fingerprint density at radius 1 is 1.19 bits per heavy atom. The van der Waals surface area contributed by atoms with Crippen molar-refractivity contribution in [2.24, 2.45) is 0 Å². The number of carbonyl (C=O) groups is 1. The van der Waals surface area contributed by atoms with Gasteiger partial charge in [-0.15, -0.1) is 11.3 Å². The predicted octanol–water partition coefficient (Wildman–Crippen LogP) is 4.34. The van der Waals surface area contributed by atoms with Crippen LogP contribution in [0.25, 0.3) is 0 Å². The normalized spacial score (nSPS) is 18.3. The average Bonchev–Trinajstić information content (AvgIpc) is 3.29. The standard InChI is InChI=1S/C21H26N2O3S/c1-15(20(24)22-12-9-17-6-5-13-27-17)23-16-7-8-18-19(14-16)26-21(25-18)10-3-2-4-11-21/h5-8,13-15,23H,2-4,9-12H2,1H3,(H,22,24). The van der Waals surface area contributed by atoms with Gasteiger partial charge < -0.3 is 20.1 Å². The van der Waals surface area contributed by atoms with Gasteiger partial charge in [0.15, 0.2) is 11.5 Å². The number of hydrogen-bond acceptors (Lipinski definition) is 5. The molecular weight excluding hydrogens is 360 g/mol. The molecule has 4 rings (SSSR count). The van der Waals surface area contributed by atoms with Crippen LogP contribution in [0.5, 0.6) is 11.5 Å². The van der Waals surface area contributed by atoms with Crippen molar-refractivity contribution < 1.29 is 14.3 Å². The molecule has 1 fully saturated rings. The van der Waals surface area contributed by atoms with Crippen molar-refractivity contribution in [2.75, 3.05) is 11.9 Å². The first-order chi connectivity index (χ1) is 13.1. The van der Waals surface area contributed by atoms with Crippen molar-refractivity contribution in [1.29, 1.82) is 0 Å². The maximum atomic E-state index is 12.3. The lowest BCUT2D eigenvalue weighted by molar-refractivity contribution is -0.121. The van der Waals surface area contributed by atoms with Gasteiger partial charge in [0, 0.05) is 36.0 Å². The summed E-state index contributed by atoms with van der Waals surface area (Å²) in [6.45, 7) is 2.52. The zero-order valence-electron chi connectivity index (χ0n) is 15.6. The van der Waals surface area contributed by atoms with Crippen LogP contribution in [0.2, 0.25) is 0 Å². The van der Waals surface area contributed by atoms with E-state index in [0.29, 0.717) is 6.54 Å². The fraction of sp³-hybridized carbons (Fsp3) is 0.476. The first-order valence-corrected chi connectivity index (χ1v) is 10.6. The van der Waals surface area contributed by atoms with Gasteiger partial charge in [0.25, 0.3) is 5.79 Å². The summed E-state index contributed by atoms with van der Waals surface area (Å²) in [4.78, 5) is 13.6. The molecule has 0 saturated heterocycles. The van der Waals surface area contributed by atoms with Gasteiger partial charge in [-0.1, -0.05) is 12.5 Å².